The van der Waals surface area contributed by atoms with Gasteiger partial charge in [0.15, 0.2) is 0 Å². The molecule has 6 heteroatoms. The lowest BCUT2D eigenvalue weighted by Crippen LogP contribution is -2.32. The molecule has 1 heterocycles. The van der Waals surface area contributed by atoms with Crippen molar-refractivity contribution in [1.82, 2.24) is 9.97 Å². The van der Waals surface area contributed by atoms with E-state index in [0.29, 0.717) is 17.8 Å². The number of hydrogen-bond donors (Lipinski definition) is 3. The molecule has 0 amide bonds. The highest BCUT2D eigenvalue weighted by atomic mass is 16.4. The van der Waals surface area contributed by atoms with E-state index >= 15 is 0 Å². The van der Waals surface area contributed by atoms with Gasteiger partial charge in [0.05, 0.1) is 11.1 Å². The Kier molecular flexibility index (Phi) is 3.85. The van der Waals surface area contributed by atoms with Crippen LogP contribution in [0.3, 0.4) is 0 Å². The van der Waals surface area contributed by atoms with Gasteiger partial charge in [-0.3, -0.25) is 0 Å². The molecule has 20 heavy (non-hydrogen) atoms. The molecule has 2 rings (SSSR count). The van der Waals surface area contributed by atoms with Crippen LogP contribution in [0.2, 0.25) is 0 Å². The third-order valence-corrected chi connectivity index (χ3v) is 3.08. The Labute approximate surface area is 116 Å². The van der Waals surface area contributed by atoms with E-state index in [2.05, 4.69) is 15.3 Å². The Morgan fingerprint density at radius 1 is 1.35 bits per heavy atom. The van der Waals surface area contributed by atoms with Crippen molar-refractivity contribution in [2.45, 2.75) is 25.8 Å². The van der Waals surface area contributed by atoms with Crippen LogP contribution in [0.5, 0.6) is 0 Å². The summed E-state index contributed by atoms with van der Waals surface area (Å²) in [4.78, 5) is 19.3. The van der Waals surface area contributed by atoms with Crippen molar-refractivity contribution in [2.24, 2.45) is 0 Å². The van der Waals surface area contributed by atoms with Gasteiger partial charge < -0.3 is 15.5 Å². The first kappa shape index (κ1) is 14.2. The standard InChI is InChI=1S/C14H17N3O3/c1-14(2,5-6-18)17-12-10-4-3-9(13(19)20)7-11(10)15-8-16-12/h3-4,7-8,18H,5-6H2,1-2H3,(H,19,20)(H,15,16,17). The molecule has 0 aliphatic heterocycles. The molecule has 0 fully saturated rings. The van der Waals surface area contributed by atoms with Crippen LogP contribution in [-0.2, 0) is 0 Å². The van der Waals surface area contributed by atoms with Crippen LogP contribution in [0.1, 0.15) is 30.6 Å². The van der Waals surface area contributed by atoms with Gasteiger partial charge in [0.1, 0.15) is 12.1 Å². The molecule has 0 aliphatic rings. The number of carboxylic acid groups (broad SMARTS) is 1. The number of aliphatic hydroxyl groups is 1. The highest BCUT2D eigenvalue weighted by Gasteiger charge is 2.18. The molecule has 106 valence electrons. The molecule has 1 aromatic carbocycles. The van der Waals surface area contributed by atoms with Crippen LogP contribution in [-0.4, -0.2) is 38.3 Å². The number of nitrogens with one attached hydrogen (secondary N) is 1. The summed E-state index contributed by atoms with van der Waals surface area (Å²) in [5.41, 5.74) is 0.445. The lowest BCUT2D eigenvalue weighted by molar-refractivity contribution is 0.0697. The molecular weight excluding hydrogens is 258 g/mol. The summed E-state index contributed by atoms with van der Waals surface area (Å²) >= 11 is 0. The number of fused-ring (bicyclic) bond motifs is 1. The highest BCUT2D eigenvalue weighted by molar-refractivity contribution is 5.96. The fraction of sp³-hybridized carbons (Fsp3) is 0.357. The zero-order valence-corrected chi connectivity index (χ0v) is 11.4. The van der Waals surface area contributed by atoms with Crippen LogP contribution in [0.25, 0.3) is 10.9 Å². The molecule has 0 spiro atoms. The minimum Gasteiger partial charge on any atom is -0.478 e. The Morgan fingerprint density at radius 3 is 2.75 bits per heavy atom. The van der Waals surface area contributed by atoms with E-state index in [0.717, 1.165) is 5.39 Å². The number of aromatic carboxylic acids is 1. The van der Waals surface area contributed by atoms with Crippen LogP contribution < -0.4 is 5.32 Å². The van der Waals surface area contributed by atoms with E-state index in [-0.39, 0.29) is 17.7 Å². The van der Waals surface area contributed by atoms with E-state index < -0.39 is 5.97 Å². The van der Waals surface area contributed by atoms with E-state index in [1.54, 1.807) is 6.07 Å². The summed E-state index contributed by atoms with van der Waals surface area (Å²) in [5.74, 6) is -0.356. The summed E-state index contributed by atoms with van der Waals surface area (Å²) in [6.45, 7) is 4.00. The predicted molar refractivity (Wildman–Crippen MR) is 75.9 cm³/mol. The van der Waals surface area contributed by atoms with Crippen molar-refractivity contribution < 1.29 is 15.0 Å². The third-order valence-electron chi connectivity index (χ3n) is 3.08. The number of anilines is 1. The second-order valence-electron chi connectivity index (χ2n) is 5.24. The minimum absolute atomic E-state index is 0.0756. The smallest absolute Gasteiger partial charge is 0.335 e. The van der Waals surface area contributed by atoms with Gasteiger partial charge >= 0.3 is 5.97 Å². The van der Waals surface area contributed by atoms with E-state index in [1.165, 1.54) is 18.5 Å². The Balaban J connectivity index is 2.42. The number of hydrogen-bond acceptors (Lipinski definition) is 5. The second kappa shape index (κ2) is 5.42. The molecular formula is C14H17N3O3. The number of benzene rings is 1. The summed E-state index contributed by atoms with van der Waals surface area (Å²) in [6.07, 6.45) is 1.97. The largest absolute Gasteiger partial charge is 0.478 e. The van der Waals surface area contributed by atoms with Crippen molar-refractivity contribution >= 4 is 22.7 Å². The average Bonchev–Trinajstić information content (AvgIpc) is 2.37. The van der Waals surface area contributed by atoms with Crippen LogP contribution in [0, 0.1) is 0 Å². The van der Waals surface area contributed by atoms with Gasteiger partial charge in [-0.15, -0.1) is 0 Å². The molecule has 0 saturated heterocycles. The molecule has 0 atom stereocenters. The first-order chi connectivity index (χ1) is 9.43. The summed E-state index contributed by atoms with van der Waals surface area (Å²) in [6, 6.07) is 4.73. The fourth-order valence-electron chi connectivity index (χ4n) is 1.95. The average molecular weight is 275 g/mol. The molecule has 0 unspecified atom stereocenters. The predicted octanol–water partition coefficient (Wildman–Crippen LogP) is 1.90. The van der Waals surface area contributed by atoms with Gasteiger partial charge in [-0.25, -0.2) is 14.8 Å². The molecule has 0 bridgehead atoms. The summed E-state index contributed by atoms with van der Waals surface area (Å²) in [7, 11) is 0. The first-order valence-electron chi connectivity index (χ1n) is 6.30. The molecule has 6 nitrogen and oxygen atoms in total. The summed E-state index contributed by atoms with van der Waals surface area (Å²) in [5, 5.41) is 22.0. The molecule has 0 aliphatic carbocycles. The summed E-state index contributed by atoms with van der Waals surface area (Å²) < 4.78 is 0. The number of rotatable bonds is 5. The molecule has 0 saturated carbocycles. The number of aliphatic hydroxyl groups excluding tert-OH is 1. The van der Waals surface area contributed by atoms with Crippen LogP contribution in [0.15, 0.2) is 24.5 Å². The Morgan fingerprint density at radius 2 is 2.10 bits per heavy atom. The molecule has 1 aromatic heterocycles. The van der Waals surface area contributed by atoms with Crippen molar-refractivity contribution in [3.63, 3.8) is 0 Å². The van der Waals surface area contributed by atoms with Gasteiger partial charge in [0.25, 0.3) is 0 Å². The molecule has 0 radical (unpaired) electrons. The lowest BCUT2D eigenvalue weighted by Gasteiger charge is -2.26. The molecule has 3 N–H and O–H groups in total. The van der Waals surface area contributed by atoms with Crippen molar-refractivity contribution in [3.05, 3.63) is 30.1 Å². The van der Waals surface area contributed by atoms with Crippen molar-refractivity contribution in [3.8, 4) is 0 Å². The number of carbonyl (C=O) groups is 1. The van der Waals surface area contributed by atoms with Crippen LogP contribution in [0.4, 0.5) is 5.82 Å². The monoisotopic (exact) mass is 275 g/mol. The van der Waals surface area contributed by atoms with Gasteiger partial charge in [-0.05, 0) is 38.5 Å². The first-order valence-corrected chi connectivity index (χ1v) is 6.30. The lowest BCUT2D eigenvalue weighted by atomic mass is 10.0. The zero-order valence-electron chi connectivity index (χ0n) is 11.4. The van der Waals surface area contributed by atoms with Gasteiger partial charge in [0.2, 0.25) is 0 Å². The van der Waals surface area contributed by atoms with E-state index in [9.17, 15) is 4.79 Å². The van der Waals surface area contributed by atoms with Crippen molar-refractivity contribution in [1.29, 1.82) is 0 Å². The number of carboxylic acids is 1. The minimum atomic E-state index is -0.986. The number of nitrogens with zero attached hydrogens (tertiary/aromatic N) is 2. The van der Waals surface area contributed by atoms with Gasteiger partial charge in [0, 0.05) is 17.5 Å². The highest BCUT2D eigenvalue weighted by Crippen LogP contribution is 2.24. The van der Waals surface area contributed by atoms with Crippen LogP contribution >= 0.6 is 0 Å². The van der Waals surface area contributed by atoms with Crippen molar-refractivity contribution in [2.75, 3.05) is 11.9 Å². The maximum atomic E-state index is 11.0. The van der Waals surface area contributed by atoms with E-state index in [1.807, 2.05) is 13.8 Å². The Bertz CT molecular complexity index is 641. The van der Waals surface area contributed by atoms with Gasteiger partial charge in [-0.2, -0.15) is 0 Å². The second-order valence-corrected chi connectivity index (χ2v) is 5.24. The normalized spacial score (nSPS) is 11.6. The quantitative estimate of drug-likeness (QED) is 0.771. The number of aromatic nitrogens is 2. The zero-order chi connectivity index (χ0) is 14.8. The van der Waals surface area contributed by atoms with Gasteiger partial charge in [-0.1, -0.05) is 0 Å². The topological polar surface area (TPSA) is 95.3 Å². The Hall–Kier alpha value is -2.21. The fourth-order valence-corrected chi connectivity index (χ4v) is 1.95. The SMILES string of the molecule is CC(C)(CCO)Nc1ncnc2cc(C(=O)O)ccc12. The van der Waals surface area contributed by atoms with E-state index in [4.69, 9.17) is 10.2 Å². The maximum Gasteiger partial charge on any atom is 0.335 e. The third kappa shape index (κ3) is 3.03. The maximum absolute atomic E-state index is 11.0. The molecule has 2 aromatic rings.